The SMILES string of the molecule is Cl.O=C(c1ccc[nH]1)N(c1ccccc1)C1CC2(CCN(CCc3ccccc3)CC2)C1. The molecular formula is C27H32ClN3O. The predicted molar refractivity (Wildman–Crippen MR) is 133 cm³/mol. The molecule has 5 rings (SSSR count). The van der Waals surface area contributed by atoms with E-state index in [-0.39, 0.29) is 24.4 Å². The average Bonchev–Trinajstić information content (AvgIpc) is 3.34. The molecule has 1 N–H and O–H groups in total. The van der Waals surface area contributed by atoms with Crippen LogP contribution in [-0.2, 0) is 6.42 Å². The highest BCUT2D eigenvalue weighted by molar-refractivity contribution is 6.05. The van der Waals surface area contributed by atoms with Crippen molar-refractivity contribution in [2.75, 3.05) is 24.5 Å². The fourth-order valence-electron chi connectivity index (χ4n) is 5.39. The van der Waals surface area contributed by atoms with Gasteiger partial charge in [0.15, 0.2) is 0 Å². The van der Waals surface area contributed by atoms with Gasteiger partial charge in [-0.2, -0.15) is 0 Å². The number of carbonyl (C=O) groups excluding carboxylic acids is 1. The molecule has 1 aliphatic carbocycles. The monoisotopic (exact) mass is 449 g/mol. The largest absolute Gasteiger partial charge is 0.357 e. The van der Waals surface area contributed by atoms with Crippen molar-refractivity contribution in [1.82, 2.24) is 9.88 Å². The Balaban J connectivity index is 0.00000245. The number of likely N-dealkylation sites (tertiary alicyclic amines) is 1. The van der Waals surface area contributed by atoms with E-state index in [0.717, 1.165) is 31.5 Å². The van der Waals surface area contributed by atoms with Crippen molar-refractivity contribution >= 4 is 24.0 Å². The Morgan fingerprint density at radius 2 is 1.59 bits per heavy atom. The van der Waals surface area contributed by atoms with Crippen LogP contribution in [0.5, 0.6) is 0 Å². The van der Waals surface area contributed by atoms with Crippen LogP contribution in [-0.4, -0.2) is 41.5 Å². The lowest BCUT2D eigenvalue weighted by molar-refractivity contribution is 0.0156. The smallest absolute Gasteiger partial charge is 0.274 e. The number of rotatable bonds is 6. The zero-order valence-corrected chi connectivity index (χ0v) is 19.3. The van der Waals surface area contributed by atoms with Crippen LogP contribution in [0.3, 0.4) is 0 Å². The van der Waals surface area contributed by atoms with Gasteiger partial charge in [0.25, 0.3) is 5.91 Å². The Labute approximate surface area is 197 Å². The zero-order chi connectivity index (χ0) is 21.1. The lowest BCUT2D eigenvalue weighted by atomic mass is 9.60. The van der Waals surface area contributed by atoms with Crippen LogP contribution in [0.15, 0.2) is 79.0 Å². The number of hydrogen-bond acceptors (Lipinski definition) is 2. The highest BCUT2D eigenvalue weighted by Gasteiger charge is 2.49. The topological polar surface area (TPSA) is 39.3 Å². The van der Waals surface area contributed by atoms with E-state index in [1.54, 1.807) is 0 Å². The van der Waals surface area contributed by atoms with E-state index in [1.807, 2.05) is 41.4 Å². The number of aromatic nitrogens is 1. The molecule has 2 heterocycles. The van der Waals surface area contributed by atoms with Crippen molar-refractivity contribution in [3.63, 3.8) is 0 Å². The summed E-state index contributed by atoms with van der Waals surface area (Å²) in [5.74, 6) is 0.0800. The molecule has 1 aromatic heterocycles. The molecule has 1 amide bonds. The first-order valence-electron chi connectivity index (χ1n) is 11.5. The Bertz CT molecular complexity index is 974. The van der Waals surface area contributed by atoms with Crippen molar-refractivity contribution < 1.29 is 4.79 Å². The molecule has 168 valence electrons. The Morgan fingerprint density at radius 3 is 2.22 bits per heavy atom. The molecule has 1 saturated carbocycles. The second-order valence-corrected chi connectivity index (χ2v) is 9.23. The molecule has 0 unspecified atom stereocenters. The third kappa shape index (κ3) is 4.77. The van der Waals surface area contributed by atoms with Gasteiger partial charge in [0, 0.05) is 24.5 Å². The van der Waals surface area contributed by atoms with Crippen molar-refractivity contribution in [2.45, 2.75) is 38.1 Å². The minimum atomic E-state index is 0. The Morgan fingerprint density at radius 1 is 0.938 bits per heavy atom. The van der Waals surface area contributed by atoms with Gasteiger partial charge in [0.05, 0.1) is 0 Å². The number of para-hydroxylation sites is 1. The van der Waals surface area contributed by atoms with E-state index < -0.39 is 0 Å². The first kappa shape index (κ1) is 22.6. The number of halogens is 1. The summed E-state index contributed by atoms with van der Waals surface area (Å²) in [5, 5.41) is 0. The standard InChI is InChI=1S/C27H31N3O.ClH/c31-26(25-12-7-16-28-25)30(23-10-5-2-6-11-23)24-20-27(21-24)14-18-29(19-15-27)17-13-22-8-3-1-4-9-22;/h1-12,16,24,28H,13-15,17-21H2;1H. The van der Waals surface area contributed by atoms with Gasteiger partial charge in [-0.05, 0) is 80.4 Å². The van der Waals surface area contributed by atoms with Gasteiger partial charge in [-0.1, -0.05) is 48.5 Å². The highest BCUT2D eigenvalue weighted by atomic mass is 35.5. The fraction of sp³-hybridized carbons (Fsp3) is 0.370. The minimum absolute atomic E-state index is 0. The average molecular weight is 450 g/mol. The number of benzene rings is 2. The number of H-pyrrole nitrogens is 1. The first-order valence-corrected chi connectivity index (χ1v) is 11.5. The Kier molecular flexibility index (Phi) is 7.02. The van der Waals surface area contributed by atoms with Gasteiger partial charge < -0.3 is 14.8 Å². The van der Waals surface area contributed by atoms with E-state index in [2.05, 4.69) is 52.3 Å². The van der Waals surface area contributed by atoms with Gasteiger partial charge in [0.1, 0.15) is 5.69 Å². The lowest BCUT2D eigenvalue weighted by Crippen LogP contribution is -2.56. The fourth-order valence-corrected chi connectivity index (χ4v) is 5.39. The highest BCUT2D eigenvalue weighted by Crippen LogP contribution is 2.51. The van der Waals surface area contributed by atoms with E-state index in [9.17, 15) is 4.79 Å². The van der Waals surface area contributed by atoms with E-state index in [0.29, 0.717) is 11.1 Å². The molecule has 2 aliphatic rings. The van der Waals surface area contributed by atoms with Crippen LogP contribution in [0.25, 0.3) is 0 Å². The summed E-state index contributed by atoms with van der Waals surface area (Å²) in [4.78, 5) is 21.0. The second-order valence-electron chi connectivity index (χ2n) is 9.23. The van der Waals surface area contributed by atoms with Crippen LogP contribution in [0, 0.1) is 5.41 Å². The molecule has 3 aromatic rings. The molecule has 1 saturated heterocycles. The number of piperidine rings is 1. The number of anilines is 1. The third-order valence-electron chi connectivity index (χ3n) is 7.26. The van der Waals surface area contributed by atoms with Gasteiger partial charge >= 0.3 is 0 Å². The maximum Gasteiger partial charge on any atom is 0.274 e. The molecular weight excluding hydrogens is 418 g/mol. The summed E-state index contributed by atoms with van der Waals surface area (Å²) in [7, 11) is 0. The maximum atomic E-state index is 13.3. The molecule has 4 nitrogen and oxygen atoms in total. The molecule has 2 fully saturated rings. The van der Waals surface area contributed by atoms with Gasteiger partial charge in [-0.15, -0.1) is 12.4 Å². The summed E-state index contributed by atoms with van der Waals surface area (Å²) in [6.07, 6.45) is 7.67. The van der Waals surface area contributed by atoms with E-state index >= 15 is 0 Å². The van der Waals surface area contributed by atoms with Crippen LogP contribution < -0.4 is 4.90 Å². The number of carbonyl (C=O) groups is 1. The predicted octanol–water partition coefficient (Wildman–Crippen LogP) is 5.57. The van der Waals surface area contributed by atoms with Crippen LogP contribution in [0.4, 0.5) is 5.69 Å². The molecule has 0 radical (unpaired) electrons. The molecule has 2 aromatic carbocycles. The number of nitrogens with one attached hydrogen (secondary N) is 1. The molecule has 0 atom stereocenters. The molecule has 0 bridgehead atoms. The number of hydrogen-bond donors (Lipinski definition) is 1. The maximum absolute atomic E-state index is 13.3. The number of amides is 1. The van der Waals surface area contributed by atoms with Gasteiger partial charge in [0.2, 0.25) is 0 Å². The summed E-state index contributed by atoms with van der Waals surface area (Å²) < 4.78 is 0. The molecule has 32 heavy (non-hydrogen) atoms. The third-order valence-corrected chi connectivity index (χ3v) is 7.26. The molecule has 1 aliphatic heterocycles. The Hall–Kier alpha value is -2.56. The van der Waals surface area contributed by atoms with Crippen LogP contribution in [0.2, 0.25) is 0 Å². The summed E-state index contributed by atoms with van der Waals surface area (Å²) >= 11 is 0. The van der Waals surface area contributed by atoms with Gasteiger partial charge in [-0.25, -0.2) is 0 Å². The van der Waals surface area contributed by atoms with Crippen molar-refractivity contribution in [1.29, 1.82) is 0 Å². The lowest BCUT2D eigenvalue weighted by Gasteiger charge is -2.55. The van der Waals surface area contributed by atoms with Crippen molar-refractivity contribution in [2.24, 2.45) is 5.41 Å². The van der Waals surface area contributed by atoms with Crippen molar-refractivity contribution in [3.05, 3.63) is 90.3 Å². The quantitative estimate of drug-likeness (QED) is 0.534. The number of aromatic amines is 1. The summed E-state index contributed by atoms with van der Waals surface area (Å²) in [5.41, 5.74) is 3.51. The molecule has 5 heteroatoms. The zero-order valence-electron chi connectivity index (χ0n) is 18.5. The normalized spacial score (nSPS) is 18.0. The van der Waals surface area contributed by atoms with Crippen molar-refractivity contribution in [3.8, 4) is 0 Å². The molecule has 1 spiro atoms. The first-order chi connectivity index (χ1) is 15.2. The number of nitrogens with zero attached hydrogens (tertiary/aromatic N) is 2. The summed E-state index contributed by atoms with van der Waals surface area (Å²) in [6.45, 7) is 3.50. The summed E-state index contributed by atoms with van der Waals surface area (Å²) in [6, 6.07) is 25.0. The van der Waals surface area contributed by atoms with Crippen LogP contribution >= 0.6 is 12.4 Å². The van der Waals surface area contributed by atoms with E-state index in [1.165, 1.54) is 31.5 Å². The second kappa shape index (κ2) is 9.93. The van der Waals surface area contributed by atoms with E-state index in [4.69, 9.17) is 0 Å². The minimum Gasteiger partial charge on any atom is -0.357 e. The van der Waals surface area contributed by atoms with Gasteiger partial charge in [-0.3, -0.25) is 4.79 Å². The van der Waals surface area contributed by atoms with Crippen LogP contribution in [0.1, 0.15) is 41.7 Å².